The van der Waals surface area contributed by atoms with Crippen molar-refractivity contribution in [2.45, 2.75) is 84.3 Å². The molecule has 2 aromatic heterocycles. The average molecular weight is 776 g/mol. The Bertz CT molecular complexity index is 2410. The minimum absolute atomic E-state index is 0.0184. The molecule has 4 aromatic carbocycles. The van der Waals surface area contributed by atoms with Gasteiger partial charge in [0.2, 0.25) is 17.7 Å². The Labute approximate surface area is 340 Å². The highest BCUT2D eigenvalue weighted by Crippen LogP contribution is 2.38. The fourth-order valence-electron chi connectivity index (χ4n) is 8.93. The summed E-state index contributed by atoms with van der Waals surface area (Å²) in [5.74, 6) is 1.52. The summed E-state index contributed by atoms with van der Waals surface area (Å²) in [7, 11) is 0. The molecule has 3 N–H and O–H groups in total. The lowest BCUT2D eigenvalue weighted by Gasteiger charge is -2.30. The fraction of sp³-hybridized carbons (Fsp3) is 0.354. The predicted octanol–water partition coefficient (Wildman–Crippen LogP) is 9.21. The van der Waals surface area contributed by atoms with Gasteiger partial charge in [-0.3, -0.25) is 14.4 Å². The van der Waals surface area contributed by atoms with E-state index >= 15 is 0 Å². The predicted molar refractivity (Wildman–Crippen MR) is 228 cm³/mol. The van der Waals surface area contributed by atoms with E-state index in [0.717, 1.165) is 93.9 Å². The van der Waals surface area contributed by atoms with Crippen molar-refractivity contribution >= 4 is 28.5 Å². The number of nitrogens with zero attached hydrogens (tertiary/aromatic N) is 4. The number of aromatic nitrogens is 4. The molecule has 0 saturated carbocycles. The van der Waals surface area contributed by atoms with Crippen LogP contribution in [0.15, 0.2) is 103 Å². The third-order valence-electron chi connectivity index (χ3n) is 12.0. The van der Waals surface area contributed by atoms with Gasteiger partial charge < -0.3 is 25.1 Å². The number of carbonyl (C=O) groups is 3. The maximum atomic E-state index is 14.0. The molecule has 4 heterocycles. The van der Waals surface area contributed by atoms with Crippen LogP contribution in [0.1, 0.15) is 95.5 Å². The van der Waals surface area contributed by atoms with Crippen molar-refractivity contribution in [1.29, 1.82) is 0 Å². The van der Waals surface area contributed by atoms with E-state index in [1.165, 1.54) is 6.92 Å². The van der Waals surface area contributed by atoms with E-state index < -0.39 is 6.04 Å². The molecule has 8 rings (SSSR count). The van der Waals surface area contributed by atoms with Crippen molar-refractivity contribution in [2.24, 2.45) is 11.8 Å². The molecule has 2 aliphatic rings. The summed E-state index contributed by atoms with van der Waals surface area (Å²) in [4.78, 5) is 59.8. The zero-order valence-electron chi connectivity index (χ0n) is 34.0. The number of rotatable bonds is 11. The van der Waals surface area contributed by atoms with E-state index in [4.69, 9.17) is 9.97 Å². The first-order valence-corrected chi connectivity index (χ1v) is 20.7. The van der Waals surface area contributed by atoms with Gasteiger partial charge in [0.15, 0.2) is 0 Å². The van der Waals surface area contributed by atoms with Crippen LogP contribution in [0.25, 0.3) is 44.4 Å². The van der Waals surface area contributed by atoms with Crippen molar-refractivity contribution < 1.29 is 14.4 Å². The minimum Gasteiger partial charge on any atom is -0.344 e. The molecule has 2 aliphatic heterocycles. The van der Waals surface area contributed by atoms with Gasteiger partial charge in [-0.2, -0.15) is 0 Å². The fourth-order valence-corrected chi connectivity index (χ4v) is 8.93. The topological polar surface area (TPSA) is 127 Å². The third-order valence-corrected chi connectivity index (χ3v) is 12.0. The van der Waals surface area contributed by atoms with Crippen LogP contribution in [0.2, 0.25) is 0 Å². The zero-order chi connectivity index (χ0) is 40.5. The lowest BCUT2D eigenvalue weighted by molar-refractivity contribution is -0.138. The van der Waals surface area contributed by atoms with Gasteiger partial charge in [0.25, 0.3) is 0 Å². The molecule has 0 unspecified atom stereocenters. The molecular weight excluding hydrogens is 723 g/mol. The number of fused-ring (bicyclic) bond motifs is 1. The summed E-state index contributed by atoms with van der Waals surface area (Å²) in [6.45, 7) is 11.0. The van der Waals surface area contributed by atoms with Crippen molar-refractivity contribution in [3.63, 3.8) is 0 Å². The molecule has 298 valence electrons. The van der Waals surface area contributed by atoms with Crippen molar-refractivity contribution in [2.75, 3.05) is 13.1 Å². The number of carbonyl (C=O) groups excluding carboxylic acids is 3. The van der Waals surface area contributed by atoms with Crippen molar-refractivity contribution in [1.82, 2.24) is 35.1 Å². The lowest BCUT2D eigenvalue weighted by atomic mass is 9.87. The van der Waals surface area contributed by atoms with E-state index in [1.807, 2.05) is 54.2 Å². The molecule has 58 heavy (non-hydrogen) atoms. The van der Waals surface area contributed by atoms with Gasteiger partial charge in [0, 0.05) is 25.6 Å². The smallest absolute Gasteiger partial charge is 0.246 e. The van der Waals surface area contributed by atoms with E-state index in [2.05, 4.69) is 102 Å². The third kappa shape index (κ3) is 7.80. The van der Waals surface area contributed by atoms with Crippen LogP contribution in [-0.4, -0.2) is 66.6 Å². The number of H-pyrrole nitrogens is 2. The zero-order valence-corrected chi connectivity index (χ0v) is 34.0. The Balaban J connectivity index is 0.947. The van der Waals surface area contributed by atoms with Crippen LogP contribution in [0.5, 0.6) is 0 Å². The highest BCUT2D eigenvalue weighted by atomic mass is 16.2. The number of likely N-dealkylation sites (tertiary alicyclic amines) is 2. The maximum Gasteiger partial charge on any atom is 0.246 e. The van der Waals surface area contributed by atoms with Gasteiger partial charge >= 0.3 is 0 Å². The van der Waals surface area contributed by atoms with Crippen molar-refractivity contribution in [3.8, 4) is 33.6 Å². The standard InChI is InChI=1S/C48H53N7O3/c1-29(2)43(34-11-7-6-8-12-34)47(57)54-23-9-13-41(54)45-49-27-39(52-45)33-17-15-32(16-18-33)35-19-20-37-26-38(22-21-36(37)25-35)40-28-50-46(53-40)42-14-10-24-55(42)48(58)44(30(3)4)51-31(5)56/h6-8,11-12,15-22,25-30,41-44H,9-10,13-14,23-24H2,1-5H3,(H,49,52)(H,50,53)(H,51,56)/t41-,42-,43-,44-/m0/s1. The number of amides is 3. The first-order chi connectivity index (χ1) is 28.0. The number of hydrogen-bond acceptors (Lipinski definition) is 5. The second-order valence-electron chi connectivity index (χ2n) is 16.7. The number of benzene rings is 4. The van der Waals surface area contributed by atoms with Crippen LogP contribution in [0, 0.1) is 11.8 Å². The van der Waals surface area contributed by atoms with E-state index in [-0.39, 0.29) is 47.6 Å². The first-order valence-electron chi connectivity index (χ1n) is 20.7. The molecule has 6 aromatic rings. The maximum absolute atomic E-state index is 14.0. The highest BCUT2D eigenvalue weighted by Gasteiger charge is 2.38. The Hall–Kier alpha value is -6.03. The molecule has 2 saturated heterocycles. The lowest BCUT2D eigenvalue weighted by Crippen LogP contribution is -2.50. The quantitative estimate of drug-likeness (QED) is 0.121. The number of imidazole rings is 2. The summed E-state index contributed by atoms with van der Waals surface area (Å²) >= 11 is 0. The van der Waals surface area contributed by atoms with Gasteiger partial charge in [-0.1, -0.05) is 107 Å². The Kier molecular flexibility index (Phi) is 11.0. The Morgan fingerprint density at radius 3 is 1.72 bits per heavy atom. The minimum atomic E-state index is -0.559. The molecule has 0 radical (unpaired) electrons. The summed E-state index contributed by atoms with van der Waals surface area (Å²) in [5, 5.41) is 5.10. The van der Waals surface area contributed by atoms with Crippen molar-refractivity contribution in [3.05, 3.63) is 121 Å². The van der Waals surface area contributed by atoms with Crippen LogP contribution >= 0.6 is 0 Å². The molecule has 2 fully saturated rings. The second kappa shape index (κ2) is 16.4. The van der Waals surface area contributed by atoms with Gasteiger partial charge in [-0.05, 0) is 82.7 Å². The normalized spacial score (nSPS) is 18.0. The molecule has 0 bridgehead atoms. The molecule has 4 atom stereocenters. The molecule has 10 heteroatoms. The number of hydrogen-bond donors (Lipinski definition) is 3. The molecule has 0 aliphatic carbocycles. The molecule has 3 amide bonds. The van der Waals surface area contributed by atoms with Crippen LogP contribution < -0.4 is 5.32 Å². The molecule has 10 nitrogen and oxygen atoms in total. The second-order valence-corrected chi connectivity index (χ2v) is 16.7. The first kappa shape index (κ1) is 38.8. The monoisotopic (exact) mass is 775 g/mol. The summed E-state index contributed by atoms with van der Waals surface area (Å²) in [5.41, 5.74) is 7.23. The number of nitrogens with one attached hydrogen (secondary N) is 3. The highest BCUT2D eigenvalue weighted by molar-refractivity contribution is 5.91. The van der Waals surface area contributed by atoms with Gasteiger partial charge in [0.05, 0.1) is 41.8 Å². The average Bonchev–Trinajstić information content (AvgIpc) is 4.06. The summed E-state index contributed by atoms with van der Waals surface area (Å²) < 4.78 is 0. The SMILES string of the molecule is CC(=O)N[C@H](C(=O)N1CCC[C@H]1c1ncc(-c2ccc3cc(-c4ccc(-c5cnc([C@@H]6CCCN6C(=O)[C@H](c6ccccc6)C(C)C)[nH]5)cc4)ccc3c2)[nH]1)C(C)C. The Morgan fingerprint density at radius 1 is 0.638 bits per heavy atom. The van der Waals surface area contributed by atoms with Gasteiger partial charge in [-0.15, -0.1) is 0 Å². The van der Waals surface area contributed by atoms with Crippen LogP contribution in [-0.2, 0) is 14.4 Å². The van der Waals surface area contributed by atoms with E-state index in [9.17, 15) is 14.4 Å². The van der Waals surface area contributed by atoms with Crippen LogP contribution in [0.4, 0.5) is 0 Å². The summed E-state index contributed by atoms with van der Waals surface area (Å²) in [6, 6.07) is 30.8. The van der Waals surface area contributed by atoms with E-state index in [0.29, 0.717) is 6.54 Å². The Morgan fingerprint density at radius 2 is 1.16 bits per heavy atom. The largest absolute Gasteiger partial charge is 0.344 e. The van der Waals surface area contributed by atoms with Gasteiger partial charge in [0.1, 0.15) is 17.7 Å². The van der Waals surface area contributed by atoms with Gasteiger partial charge in [-0.25, -0.2) is 9.97 Å². The van der Waals surface area contributed by atoms with E-state index in [1.54, 1.807) is 0 Å². The summed E-state index contributed by atoms with van der Waals surface area (Å²) in [6.07, 6.45) is 7.30. The molecular formula is C48H53N7O3. The number of aromatic amines is 2. The van der Waals surface area contributed by atoms with Crippen LogP contribution in [0.3, 0.4) is 0 Å². The molecule has 0 spiro atoms.